The summed E-state index contributed by atoms with van der Waals surface area (Å²) in [5.74, 6) is 2.28. The molecular weight excluding hydrogens is 214 g/mol. The smallest absolute Gasteiger partial charge is 0.142 e. The summed E-state index contributed by atoms with van der Waals surface area (Å²) in [6.45, 7) is 2.88. The highest BCUT2D eigenvalue weighted by atomic mass is 16.5. The van der Waals surface area contributed by atoms with Crippen molar-refractivity contribution < 1.29 is 9.47 Å². The first kappa shape index (κ1) is 10.9. The summed E-state index contributed by atoms with van der Waals surface area (Å²) in [4.78, 5) is 0. The van der Waals surface area contributed by atoms with Gasteiger partial charge in [0.1, 0.15) is 5.75 Å². The van der Waals surface area contributed by atoms with Gasteiger partial charge in [0.2, 0.25) is 0 Å². The van der Waals surface area contributed by atoms with Crippen LogP contribution in [-0.2, 0) is 4.74 Å². The molecule has 0 radical (unpaired) electrons. The van der Waals surface area contributed by atoms with Crippen molar-refractivity contribution in [1.29, 1.82) is 0 Å². The minimum absolute atomic E-state index is 0.629. The molecule has 1 N–H and O–H groups in total. The summed E-state index contributed by atoms with van der Waals surface area (Å²) in [6.07, 6.45) is 2.40. The summed E-state index contributed by atoms with van der Waals surface area (Å²) >= 11 is 0. The van der Waals surface area contributed by atoms with E-state index in [4.69, 9.17) is 9.47 Å². The van der Waals surface area contributed by atoms with E-state index in [1.54, 1.807) is 7.11 Å². The van der Waals surface area contributed by atoms with Gasteiger partial charge in [-0.1, -0.05) is 12.1 Å². The predicted molar refractivity (Wildman–Crippen MR) is 67.8 cm³/mol. The molecule has 2 aliphatic heterocycles. The van der Waals surface area contributed by atoms with Crippen LogP contribution in [0.1, 0.15) is 24.3 Å². The van der Waals surface area contributed by atoms with E-state index in [0.29, 0.717) is 11.8 Å². The second kappa shape index (κ2) is 4.57. The largest absolute Gasteiger partial charge is 0.495 e. The van der Waals surface area contributed by atoms with Gasteiger partial charge in [-0.25, -0.2) is 0 Å². The third kappa shape index (κ3) is 1.89. The Morgan fingerprint density at radius 1 is 1.35 bits per heavy atom. The number of para-hydroxylation sites is 1. The molecule has 0 aliphatic carbocycles. The Labute approximate surface area is 102 Å². The van der Waals surface area contributed by atoms with Crippen LogP contribution in [0.5, 0.6) is 5.75 Å². The third-order valence-electron chi connectivity index (χ3n) is 3.97. The molecule has 3 heteroatoms. The van der Waals surface area contributed by atoms with Gasteiger partial charge in [0.25, 0.3) is 0 Å². The highest BCUT2D eigenvalue weighted by molar-refractivity contribution is 5.64. The van der Waals surface area contributed by atoms with Crippen LogP contribution in [0.4, 0.5) is 5.69 Å². The predicted octanol–water partition coefficient (Wildman–Crippen LogP) is 2.63. The van der Waals surface area contributed by atoms with Crippen molar-refractivity contribution in [2.45, 2.75) is 18.8 Å². The molecule has 3 nitrogen and oxygen atoms in total. The highest BCUT2D eigenvalue weighted by Gasteiger charge is 2.31. The van der Waals surface area contributed by atoms with Crippen molar-refractivity contribution >= 4 is 5.69 Å². The lowest BCUT2D eigenvalue weighted by molar-refractivity contribution is 0.179. The number of rotatable bonds is 2. The van der Waals surface area contributed by atoms with Gasteiger partial charge in [-0.3, -0.25) is 0 Å². The summed E-state index contributed by atoms with van der Waals surface area (Å²) in [5.41, 5.74) is 2.60. The lowest BCUT2D eigenvalue weighted by atomic mass is 9.80. The van der Waals surface area contributed by atoms with E-state index < -0.39 is 0 Å². The molecule has 1 aromatic carbocycles. The monoisotopic (exact) mass is 233 g/mol. The summed E-state index contributed by atoms with van der Waals surface area (Å²) in [7, 11) is 1.74. The molecule has 0 aromatic heterocycles. The SMILES string of the molecule is COc1cccc2c1NCCC2C1CCOC1. The van der Waals surface area contributed by atoms with E-state index in [1.165, 1.54) is 24.1 Å². The first-order chi connectivity index (χ1) is 8.40. The molecule has 0 amide bonds. The van der Waals surface area contributed by atoms with Gasteiger partial charge in [0.15, 0.2) is 0 Å². The van der Waals surface area contributed by atoms with E-state index in [0.717, 1.165) is 25.5 Å². The molecular formula is C14H19NO2. The van der Waals surface area contributed by atoms with E-state index in [1.807, 2.05) is 6.07 Å². The lowest BCUT2D eigenvalue weighted by Crippen LogP contribution is -2.23. The maximum Gasteiger partial charge on any atom is 0.142 e. The van der Waals surface area contributed by atoms with E-state index in [-0.39, 0.29) is 0 Å². The first-order valence-electron chi connectivity index (χ1n) is 6.38. The Kier molecular flexibility index (Phi) is 2.93. The number of ether oxygens (including phenoxy) is 2. The Bertz CT molecular complexity index is 399. The molecule has 17 heavy (non-hydrogen) atoms. The number of benzene rings is 1. The molecule has 1 fully saturated rings. The zero-order valence-electron chi connectivity index (χ0n) is 10.2. The molecule has 2 unspecified atom stereocenters. The summed E-state index contributed by atoms with van der Waals surface area (Å²) in [5, 5.41) is 3.47. The molecule has 92 valence electrons. The summed E-state index contributed by atoms with van der Waals surface area (Å²) < 4.78 is 11.0. The van der Waals surface area contributed by atoms with Crippen LogP contribution < -0.4 is 10.1 Å². The second-order valence-electron chi connectivity index (χ2n) is 4.87. The molecule has 3 rings (SSSR count). The quantitative estimate of drug-likeness (QED) is 0.851. The Balaban J connectivity index is 1.95. The van der Waals surface area contributed by atoms with Crippen LogP contribution in [0, 0.1) is 5.92 Å². The van der Waals surface area contributed by atoms with Crippen LogP contribution in [0.25, 0.3) is 0 Å². The van der Waals surface area contributed by atoms with Crippen LogP contribution >= 0.6 is 0 Å². The molecule has 0 saturated carbocycles. The zero-order valence-corrected chi connectivity index (χ0v) is 10.2. The second-order valence-corrected chi connectivity index (χ2v) is 4.87. The highest BCUT2D eigenvalue weighted by Crippen LogP contribution is 2.43. The topological polar surface area (TPSA) is 30.5 Å². The molecule has 2 atom stereocenters. The van der Waals surface area contributed by atoms with Gasteiger partial charge in [-0.15, -0.1) is 0 Å². The average Bonchev–Trinajstić information content (AvgIpc) is 2.91. The van der Waals surface area contributed by atoms with Crippen molar-refractivity contribution in [3.63, 3.8) is 0 Å². The Morgan fingerprint density at radius 3 is 3.06 bits per heavy atom. The molecule has 0 spiro atoms. The number of methoxy groups -OCH3 is 1. The van der Waals surface area contributed by atoms with Gasteiger partial charge >= 0.3 is 0 Å². The fraction of sp³-hybridized carbons (Fsp3) is 0.571. The van der Waals surface area contributed by atoms with E-state index in [2.05, 4.69) is 17.4 Å². The van der Waals surface area contributed by atoms with Crippen molar-refractivity contribution in [2.75, 3.05) is 32.2 Å². The fourth-order valence-electron chi connectivity index (χ4n) is 3.08. The molecule has 1 aromatic rings. The maximum atomic E-state index is 5.53. The summed E-state index contributed by atoms with van der Waals surface area (Å²) in [6, 6.07) is 6.35. The number of hydrogen-bond donors (Lipinski definition) is 1. The molecule has 2 heterocycles. The van der Waals surface area contributed by atoms with Crippen molar-refractivity contribution in [3.05, 3.63) is 23.8 Å². The van der Waals surface area contributed by atoms with Crippen LogP contribution in [0.2, 0.25) is 0 Å². The van der Waals surface area contributed by atoms with Gasteiger partial charge in [0.05, 0.1) is 19.4 Å². The fourth-order valence-corrected chi connectivity index (χ4v) is 3.08. The van der Waals surface area contributed by atoms with Crippen LogP contribution in [-0.4, -0.2) is 26.9 Å². The van der Waals surface area contributed by atoms with Crippen molar-refractivity contribution in [2.24, 2.45) is 5.92 Å². The zero-order chi connectivity index (χ0) is 11.7. The normalized spacial score (nSPS) is 27.4. The minimum atomic E-state index is 0.629. The minimum Gasteiger partial charge on any atom is -0.495 e. The molecule has 2 aliphatic rings. The van der Waals surface area contributed by atoms with Gasteiger partial charge in [0, 0.05) is 13.2 Å². The third-order valence-corrected chi connectivity index (χ3v) is 3.97. The number of anilines is 1. The molecule has 1 saturated heterocycles. The van der Waals surface area contributed by atoms with Crippen molar-refractivity contribution in [3.8, 4) is 5.75 Å². The van der Waals surface area contributed by atoms with E-state index >= 15 is 0 Å². The average molecular weight is 233 g/mol. The standard InChI is InChI=1S/C14H19NO2/c1-16-13-4-2-3-12-11(5-7-15-14(12)13)10-6-8-17-9-10/h2-4,10-11,15H,5-9H2,1H3. The number of nitrogens with one attached hydrogen (secondary N) is 1. The first-order valence-corrected chi connectivity index (χ1v) is 6.38. The van der Waals surface area contributed by atoms with Gasteiger partial charge in [-0.2, -0.15) is 0 Å². The van der Waals surface area contributed by atoms with Crippen molar-refractivity contribution in [1.82, 2.24) is 0 Å². The van der Waals surface area contributed by atoms with Gasteiger partial charge < -0.3 is 14.8 Å². The van der Waals surface area contributed by atoms with Gasteiger partial charge in [-0.05, 0) is 36.3 Å². The van der Waals surface area contributed by atoms with Crippen LogP contribution in [0.3, 0.4) is 0 Å². The maximum absolute atomic E-state index is 5.53. The Morgan fingerprint density at radius 2 is 2.29 bits per heavy atom. The number of hydrogen-bond acceptors (Lipinski definition) is 3. The van der Waals surface area contributed by atoms with E-state index in [9.17, 15) is 0 Å². The number of fused-ring (bicyclic) bond motifs is 1. The van der Waals surface area contributed by atoms with Crippen LogP contribution in [0.15, 0.2) is 18.2 Å². The molecule has 0 bridgehead atoms. The lowest BCUT2D eigenvalue weighted by Gasteiger charge is -2.31. The Hall–Kier alpha value is -1.22.